The molecule has 2 N–H and O–H groups in total. The van der Waals surface area contributed by atoms with E-state index in [4.69, 9.17) is 9.47 Å². The minimum Gasteiger partial charge on any atom is -0.461 e. The third-order valence-corrected chi connectivity index (χ3v) is 7.60. The summed E-state index contributed by atoms with van der Waals surface area (Å²) in [5.74, 6) is -5.02. The van der Waals surface area contributed by atoms with Crippen LogP contribution in [0.1, 0.15) is 36.0 Å². The third kappa shape index (κ3) is 7.34. The van der Waals surface area contributed by atoms with Crippen molar-refractivity contribution in [1.29, 1.82) is 0 Å². The zero-order valence-electron chi connectivity index (χ0n) is 23.7. The van der Waals surface area contributed by atoms with E-state index in [9.17, 15) is 19.1 Å². The number of esters is 2. The third-order valence-electron chi connectivity index (χ3n) is 7.60. The Kier molecular flexibility index (Phi) is 9.27. The van der Waals surface area contributed by atoms with Crippen LogP contribution >= 0.6 is 0 Å². The van der Waals surface area contributed by atoms with E-state index >= 15 is 0 Å². The molecule has 0 amide bonds. The van der Waals surface area contributed by atoms with Gasteiger partial charge in [-0.1, -0.05) is 91.0 Å². The highest BCUT2D eigenvalue weighted by Gasteiger charge is 2.56. The lowest BCUT2D eigenvalue weighted by atomic mass is 9.61. The van der Waals surface area contributed by atoms with Crippen LogP contribution < -0.4 is 5.43 Å². The van der Waals surface area contributed by atoms with Gasteiger partial charge in [-0.25, -0.2) is 4.39 Å². The lowest BCUT2D eigenvalue weighted by Crippen LogP contribution is -2.55. The first-order chi connectivity index (χ1) is 20.8. The Labute approximate surface area is 250 Å². The molecule has 4 aromatic rings. The average Bonchev–Trinajstić information content (AvgIpc) is 3.02. The van der Waals surface area contributed by atoms with Crippen molar-refractivity contribution in [2.75, 3.05) is 5.43 Å². The second kappa shape index (κ2) is 13.4. The van der Waals surface area contributed by atoms with Gasteiger partial charge in [0.25, 0.3) is 0 Å². The van der Waals surface area contributed by atoms with Gasteiger partial charge < -0.3 is 14.6 Å². The first-order valence-electron chi connectivity index (χ1n) is 14.1. The lowest BCUT2D eigenvalue weighted by Gasteiger charge is -2.45. The molecule has 43 heavy (non-hydrogen) atoms. The van der Waals surface area contributed by atoms with E-state index in [2.05, 4.69) is 10.5 Å². The number of para-hydroxylation sites is 1. The highest BCUT2D eigenvalue weighted by Crippen LogP contribution is 2.47. The number of hydrazone groups is 1. The fraction of sp³-hybridized carbons (Fsp3) is 0.229. The predicted octanol–water partition coefficient (Wildman–Crippen LogP) is 6.25. The van der Waals surface area contributed by atoms with Crippen molar-refractivity contribution in [3.05, 3.63) is 138 Å². The van der Waals surface area contributed by atoms with Crippen LogP contribution in [0.2, 0.25) is 0 Å². The molecule has 4 aromatic carbocycles. The molecule has 1 saturated carbocycles. The van der Waals surface area contributed by atoms with Gasteiger partial charge in [0.2, 0.25) is 0 Å². The second-order valence-corrected chi connectivity index (χ2v) is 10.8. The van der Waals surface area contributed by atoms with Gasteiger partial charge in [-0.15, -0.1) is 0 Å². The van der Waals surface area contributed by atoms with Gasteiger partial charge in [-0.3, -0.25) is 15.0 Å². The second-order valence-electron chi connectivity index (χ2n) is 10.8. The van der Waals surface area contributed by atoms with Crippen LogP contribution in [0.15, 0.2) is 120 Å². The molecule has 4 unspecified atom stereocenters. The van der Waals surface area contributed by atoms with Crippen molar-refractivity contribution < 1.29 is 28.6 Å². The maximum Gasteiger partial charge on any atom is 0.315 e. The molecule has 8 heteroatoms. The molecule has 220 valence electrons. The number of ether oxygens (including phenoxy) is 2. The van der Waals surface area contributed by atoms with Crippen molar-refractivity contribution in [3.8, 4) is 0 Å². The monoisotopic (exact) mass is 580 g/mol. The largest absolute Gasteiger partial charge is 0.461 e. The highest BCUT2D eigenvalue weighted by atomic mass is 19.1. The van der Waals surface area contributed by atoms with Gasteiger partial charge in [-0.2, -0.15) is 5.10 Å². The smallest absolute Gasteiger partial charge is 0.315 e. The number of carbonyl (C=O) groups is 2. The number of nitrogens with zero attached hydrogens (tertiary/aromatic N) is 1. The van der Waals surface area contributed by atoms with Crippen molar-refractivity contribution in [2.24, 2.45) is 16.9 Å². The van der Waals surface area contributed by atoms with Gasteiger partial charge in [0, 0.05) is 12.3 Å². The fourth-order valence-electron chi connectivity index (χ4n) is 5.52. The maximum absolute atomic E-state index is 14.1. The van der Waals surface area contributed by atoms with Gasteiger partial charge in [0.1, 0.15) is 24.9 Å². The Morgan fingerprint density at radius 2 is 1.33 bits per heavy atom. The number of rotatable bonds is 9. The standard InChI is InChI=1S/C35H33FN2O5/c1-35(41)21-29(38-37-28-15-9-4-10-16-28)31(33(39)42-22-24-11-5-2-6-12-24)30(26-17-19-27(36)20-18-26)32(35)34(40)43-23-25-13-7-3-8-14-25/h2-20,30-32,37,41H,21-23H2,1H3/b38-29-. The molecule has 0 radical (unpaired) electrons. The van der Waals surface area contributed by atoms with Crippen molar-refractivity contribution >= 4 is 23.3 Å². The SMILES string of the molecule is CC1(O)C/C(=N/Nc2ccccc2)C(C(=O)OCc2ccccc2)C(c2ccc(F)cc2)C1C(=O)OCc1ccccc1. The van der Waals surface area contributed by atoms with E-state index in [0.29, 0.717) is 17.0 Å². The van der Waals surface area contributed by atoms with Crippen LogP contribution in [0.5, 0.6) is 0 Å². The number of aliphatic hydroxyl groups is 1. The molecule has 4 atom stereocenters. The van der Waals surface area contributed by atoms with Gasteiger partial charge in [0.05, 0.1) is 22.9 Å². The van der Waals surface area contributed by atoms with Crippen LogP contribution in [-0.2, 0) is 32.3 Å². The fourth-order valence-corrected chi connectivity index (χ4v) is 5.52. The van der Waals surface area contributed by atoms with Gasteiger partial charge in [0.15, 0.2) is 0 Å². The van der Waals surface area contributed by atoms with Crippen LogP contribution in [-0.4, -0.2) is 28.4 Å². The quantitative estimate of drug-likeness (QED) is 0.179. The zero-order valence-corrected chi connectivity index (χ0v) is 23.7. The summed E-state index contributed by atoms with van der Waals surface area (Å²) in [6.07, 6.45) is -0.110. The summed E-state index contributed by atoms with van der Waals surface area (Å²) in [5, 5.41) is 16.4. The van der Waals surface area contributed by atoms with E-state index in [0.717, 1.165) is 11.1 Å². The summed E-state index contributed by atoms with van der Waals surface area (Å²) < 4.78 is 25.6. The Morgan fingerprint density at radius 1 is 0.814 bits per heavy atom. The molecular weight excluding hydrogens is 547 g/mol. The van der Waals surface area contributed by atoms with Gasteiger partial charge >= 0.3 is 11.9 Å². The molecule has 7 nitrogen and oxygen atoms in total. The van der Waals surface area contributed by atoms with Crippen LogP contribution in [0.3, 0.4) is 0 Å². The molecule has 0 saturated heterocycles. The molecule has 5 rings (SSSR count). The Bertz CT molecular complexity index is 1540. The van der Waals surface area contributed by atoms with E-state index in [-0.39, 0.29) is 19.6 Å². The summed E-state index contributed by atoms with van der Waals surface area (Å²) in [5.41, 5.74) is 4.32. The van der Waals surface area contributed by atoms with E-state index in [1.807, 2.05) is 91.0 Å². The number of benzene rings is 4. The number of hydrogen-bond acceptors (Lipinski definition) is 7. The van der Waals surface area contributed by atoms with E-state index < -0.39 is 41.1 Å². The number of carbonyl (C=O) groups excluding carboxylic acids is 2. The minimum absolute atomic E-state index is 0.00518. The molecule has 0 aliphatic heterocycles. The topological polar surface area (TPSA) is 97.2 Å². The minimum atomic E-state index is -1.67. The molecule has 1 fully saturated rings. The van der Waals surface area contributed by atoms with Crippen LogP contribution in [0.4, 0.5) is 10.1 Å². The molecule has 0 bridgehead atoms. The van der Waals surface area contributed by atoms with Crippen molar-refractivity contribution in [3.63, 3.8) is 0 Å². The average molecular weight is 581 g/mol. The normalized spacial score (nSPS) is 22.5. The van der Waals surface area contributed by atoms with Gasteiger partial charge in [-0.05, 0) is 47.9 Å². The molecular formula is C35H33FN2O5. The summed E-state index contributed by atoms with van der Waals surface area (Å²) in [7, 11) is 0. The predicted molar refractivity (Wildman–Crippen MR) is 161 cm³/mol. The van der Waals surface area contributed by atoms with Crippen LogP contribution in [0.25, 0.3) is 0 Å². The Balaban J connectivity index is 1.54. The summed E-state index contributed by atoms with van der Waals surface area (Å²) >= 11 is 0. The van der Waals surface area contributed by atoms with E-state index in [1.165, 1.54) is 31.2 Å². The summed E-state index contributed by atoms with van der Waals surface area (Å²) in [6.45, 7) is 1.52. The summed E-state index contributed by atoms with van der Waals surface area (Å²) in [6, 6.07) is 33.1. The molecule has 1 aliphatic rings. The number of halogens is 1. The molecule has 0 heterocycles. The Hall–Kier alpha value is -4.82. The number of hydrogen-bond donors (Lipinski definition) is 2. The first-order valence-corrected chi connectivity index (χ1v) is 14.1. The summed E-state index contributed by atoms with van der Waals surface area (Å²) in [4.78, 5) is 27.8. The highest BCUT2D eigenvalue weighted by molar-refractivity contribution is 6.06. The molecule has 0 spiro atoms. The lowest BCUT2D eigenvalue weighted by molar-refractivity contribution is -0.165. The number of anilines is 1. The van der Waals surface area contributed by atoms with Crippen molar-refractivity contribution in [1.82, 2.24) is 0 Å². The van der Waals surface area contributed by atoms with Crippen LogP contribution in [0, 0.1) is 17.7 Å². The van der Waals surface area contributed by atoms with Crippen molar-refractivity contribution in [2.45, 2.75) is 38.1 Å². The zero-order chi connectivity index (χ0) is 30.2. The molecule has 0 aromatic heterocycles. The Morgan fingerprint density at radius 3 is 1.88 bits per heavy atom. The molecule has 1 aliphatic carbocycles. The maximum atomic E-state index is 14.1. The number of nitrogens with one attached hydrogen (secondary N) is 1. The van der Waals surface area contributed by atoms with E-state index in [1.54, 1.807) is 0 Å². The first kappa shape index (κ1) is 29.7.